The third-order valence-electron chi connectivity index (χ3n) is 3.30. The molecular formula is C14H24N2O3. The van der Waals surface area contributed by atoms with Crippen LogP contribution in [0.1, 0.15) is 24.9 Å². The van der Waals surface area contributed by atoms with E-state index in [1.165, 1.54) is 0 Å². The van der Waals surface area contributed by atoms with Crippen molar-refractivity contribution in [3.8, 4) is 11.5 Å². The highest BCUT2D eigenvalue weighted by atomic mass is 16.5. The summed E-state index contributed by atoms with van der Waals surface area (Å²) in [5, 5.41) is 0. The molecule has 1 rings (SSSR count). The Bertz CT molecular complexity index is 363. The zero-order chi connectivity index (χ0) is 14.3. The van der Waals surface area contributed by atoms with E-state index in [2.05, 4.69) is 12.3 Å². The first-order valence-electron chi connectivity index (χ1n) is 6.35. The van der Waals surface area contributed by atoms with Gasteiger partial charge < -0.3 is 14.2 Å². The van der Waals surface area contributed by atoms with Gasteiger partial charge >= 0.3 is 0 Å². The van der Waals surface area contributed by atoms with Crippen LogP contribution in [-0.2, 0) is 4.74 Å². The van der Waals surface area contributed by atoms with Crippen molar-refractivity contribution in [2.45, 2.75) is 19.4 Å². The van der Waals surface area contributed by atoms with Gasteiger partial charge in [-0.15, -0.1) is 0 Å². The van der Waals surface area contributed by atoms with E-state index in [0.29, 0.717) is 6.61 Å². The predicted octanol–water partition coefficient (Wildman–Crippen LogP) is 1.88. The second-order valence-electron chi connectivity index (χ2n) is 4.48. The van der Waals surface area contributed by atoms with Gasteiger partial charge in [-0.3, -0.25) is 11.3 Å². The van der Waals surface area contributed by atoms with Crippen LogP contribution in [0.15, 0.2) is 18.2 Å². The Kier molecular flexibility index (Phi) is 6.62. The number of ether oxygens (including phenoxy) is 3. The van der Waals surface area contributed by atoms with E-state index in [1.807, 2.05) is 18.2 Å². The average molecular weight is 268 g/mol. The normalized spacial score (nSPS) is 13.9. The van der Waals surface area contributed by atoms with E-state index >= 15 is 0 Å². The van der Waals surface area contributed by atoms with Crippen molar-refractivity contribution in [1.29, 1.82) is 0 Å². The molecule has 0 aliphatic heterocycles. The summed E-state index contributed by atoms with van der Waals surface area (Å²) < 4.78 is 16.0. The lowest BCUT2D eigenvalue weighted by molar-refractivity contribution is 0.169. The molecule has 0 aliphatic rings. The molecule has 108 valence electrons. The molecule has 0 amide bonds. The van der Waals surface area contributed by atoms with Crippen LogP contribution < -0.4 is 20.7 Å². The van der Waals surface area contributed by atoms with Crippen LogP contribution in [0.4, 0.5) is 0 Å². The maximum absolute atomic E-state index is 5.72. The molecule has 5 heteroatoms. The summed E-state index contributed by atoms with van der Waals surface area (Å²) in [7, 11) is 4.98. The van der Waals surface area contributed by atoms with E-state index in [1.54, 1.807) is 21.3 Å². The van der Waals surface area contributed by atoms with E-state index in [4.69, 9.17) is 20.1 Å². The molecule has 1 aromatic rings. The van der Waals surface area contributed by atoms with Gasteiger partial charge in [-0.2, -0.15) is 0 Å². The number of nitrogens with one attached hydrogen (secondary N) is 1. The molecule has 0 spiro atoms. The largest absolute Gasteiger partial charge is 0.496 e. The number of rotatable bonds is 8. The first-order valence-corrected chi connectivity index (χ1v) is 6.35. The Hall–Kier alpha value is -1.30. The maximum Gasteiger partial charge on any atom is 0.127 e. The minimum atomic E-state index is -0.0544. The summed E-state index contributed by atoms with van der Waals surface area (Å²) >= 11 is 0. The third kappa shape index (κ3) is 3.83. The van der Waals surface area contributed by atoms with Crippen LogP contribution in [0, 0.1) is 5.92 Å². The summed E-state index contributed by atoms with van der Waals surface area (Å²) in [6.07, 6.45) is 0.895. The highest BCUT2D eigenvalue weighted by Crippen LogP contribution is 2.37. The molecule has 0 bridgehead atoms. The third-order valence-corrected chi connectivity index (χ3v) is 3.30. The number of nitrogens with two attached hydrogens (primary N) is 1. The Labute approximate surface area is 115 Å². The van der Waals surface area contributed by atoms with Gasteiger partial charge in [0.15, 0.2) is 0 Å². The molecule has 3 N–H and O–H groups in total. The number of hydrogen-bond acceptors (Lipinski definition) is 5. The van der Waals surface area contributed by atoms with Gasteiger partial charge in [0.2, 0.25) is 0 Å². The molecular weight excluding hydrogens is 244 g/mol. The molecule has 2 unspecified atom stereocenters. The molecule has 0 radical (unpaired) electrons. The van der Waals surface area contributed by atoms with Crippen molar-refractivity contribution in [3.05, 3.63) is 23.8 Å². The number of benzene rings is 1. The van der Waals surface area contributed by atoms with Crippen molar-refractivity contribution >= 4 is 0 Å². The lowest BCUT2D eigenvalue weighted by Crippen LogP contribution is -2.33. The standard InChI is InChI=1S/C14H24N2O3/c1-10(8-9-17-2)14(16-15)13-11(18-3)6-5-7-12(13)19-4/h5-7,10,14,16H,8-9,15H2,1-4H3. The van der Waals surface area contributed by atoms with Gasteiger partial charge in [0, 0.05) is 13.7 Å². The summed E-state index contributed by atoms with van der Waals surface area (Å²) in [6, 6.07) is 5.66. The Morgan fingerprint density at radius 2 is 1.74 bits per heavy atom. The summed E-state index contributed by atoms with van der Waals surface area (Å²) in [5.74, 6) is 7.55. The molecule has 0 aliphatic carbocycles. The quantitative estimate of drug-likeness (QED) is 0.556. The van der Waals surface area contributed by atoms with Crippen molar-refractivity contribution in [1.82, 2.24) is 5.43 Å². The van der Waals surface area contributed by atoms with E-state index in [9.17, 15) is 0 Å². The fraction of sp³-hybridized carbons (Fsp3) is 0.571. The highest BCUT2D eigenvalue weighted by molar-refractivity contribution is 5.47. The van der Waals surface area contributed by atoms with Crippen molar-refractivity contribution in [3.63, 3.8) is 0 Å². The Morgan fingerprint density at radius 1 is 1.16 bits per heavy atom. The van der Waals surface area contributed by atoms with Crippen LogP contribution in [0.2, 0.25) is 0 Å². The first-order chi connectivity index (χ1) is 9.19. The number of hydrogen-bond donors (Lipinski definition) is 2. The fourth-order valence-corrected chi connectivity index (χ4v) is 2.19. The Balaban J connectivity index is 3.08. The summed E-state index contributed by atoms with van der Waals surface area (Å²) in [5.41, 5.74) is 3.80. The van der Waals surface area contributed by atoms with Crippen LogP contribution in [0.25, 0.3) is 0 Å². The van der Waals surface area contributed by atoms with Gasteiger partial charge in [-0.1, -0.05) is 13.0 Å². The van der Waals surface area contributed by atoms with Gasteiger partial charge in [-0.05, 0) is 24.5 Å². The van der Waals surface area contributed by atoms with Gasteiger partial charge in [0.1, 0.15) is 11.5 Å². The zero-order valence-electron chi connectivity index (χ0n) is 12.1. The van der Waals surface area contributed by atoms with Crippen molar-refractivity contribution in [2.24, 2.45) is 11.8 Å². The zero-order valence-corrected chi connectivity index (χ0v) is 12.1. The summed E-state index contributed by atoms with van der Waals surface area (Å²) in [6.45, 7) is 2.81. The lowest BCUT2D eigenvalue weighted by atomic mass is 9.91. The lowest BCUT2D eigenvalue weighted by Gasteiger charge is -2.26. The topological polar surface area (TPSA) is 65.7 Å². The fourth-order valence-electron chi connectivity index (χ4n) is 2.19. The molecule has 0 saturated heterocycles. The highest BCUT2D eigenvalue weighted by Gasteiger charge is 2.24. The summed E-state index contributed by atoms with van der Waals surface area (Å²) in [4.78, 5) is 0. The van der Waals surface area contributed by atoms with Gasteiger partial charge in [0.25, 0.3) is 0 Å². The van der Waals surface area contributed by atoms with Gasteiger partial charge in [-0.25, -0.2) is 0 Å². The maximum atomic E-state index is 5.72. The van der Waals surface area contributed by atoms with E-state index < -0.39 is 0 Å². The van der Waals surface area contributed by atoms with Crippen molar-refractivity contribution in [2.75, 3.05) is 27.9 Å². The SMILES string of the molecule is COCCC(C)C(NN)c1c(OC)cccc1OC. The van der Waals surface area contributed by atoms with E-state index in [-0.39, 0.29) is 12.0 Å². The molecule has 0 fully saturated rings. The number of methoxy groups -OCH3 is 3. The second-order valence-corrected chi connectivity index (χ2v) is 4.48. The number of hydrazine groups is 1. The molecule has 2 atom stereocenters. The predicted molar refractivity (Wildman–Crippen MR) is 75.3 cm³/mol. The molecule has 1 aromatic carbocycles. The van der Waals surface area contributed by atoms with Crippen LogP contribution in [0.5, 0.6) is 11.5 Å². The first kappa shape index (κ1) is 15.8. The van der Waals surface area contributed by atoms with Crippen molar-refractivity contribution < 1.29 is 14.2 Å². The second kappa shape index (κ2) is 7.99. The van der Waals surface area contributed by atoms with Crippen LogP contribution >= 0.6 is 0 Å². The average Bonchev–Trinajstić information content (AvgIpc) is 2.45. The van der Waals surface area contributed by atoms with E-state index in [0.717, 1.165) is 23.5 Å². The molecule has 5 nitrogen and oxygen atoms in total. The molecule has 0 heterocycles. The van der Waals surface area contributed by atoms with Crippen LogP contribution in [0.3, 0.4) is 0 Å². The minimum Gasteiger partial charge on any atom is -0.496 e. The van der Waals surface area contributed by atoms with Crippen LogP contribution in [-0.4, -0.2) is 27.9 Å². The monoisotopic (exact) mass is 268 g/mol. The molecule has 0 aromatic heterocycles. The molecule has 0 saturated carbocycles. The Morgan fingerprint density at radius 3 is 2.16 bits per heavy atom. The minimum absolute atomic E-state index is 0.0544. The smallest absolute Gasteiger partial charge is 0.127 e. The molecule has 19 heavy (non-hydrogen) atoms. The van der Waals surface area contributed by atoms with Gasteiger partial charge in [0.05, 0.1) is 25.8 Å².